The molecule has 0 spiro atoms. The fourth-order valence-electron chi connectivity index (χ4n) is 2.20. The van der Waals surface area contributed by atoms with Gasteiger partial charge in [-0.05, 0) is 19.4 Å². The first-order valence-electron chi connectivity index (χ1n) is 6.94. The molecule has 0 aliphatic carbocycles. The van der Waals surface area contributed by atoms with E-state index in [-0.39, 0.29) is 7.43 Å². The van der Waals surface area contributed by atoms with E-state index < -0.39 is 0 Å². The van der Waals surface area contributed by atoms with E-state index in [1.165, 1.54) is 5.56 Å². The van der Waals surface area contributed by atoms with Gasteiger partial charge in [-0.25, -0.2) is 15.0 Å². The topological polar surface area (TPSA) is 43.6 Å². The molecule has 0 radical (unpaired) electrons. The molecule has 21 heavy (non-hydrogen) atoms. The van der Waals surface area contributed by atoms with Crippen molar-refractivity contribution in [1.29, 1.82) is 0 Å². The first-order chi connectivity index (χ1) is 9.74. The lowest BCUT2D eigenvalue weighted by Gasteiger charge is -2.06. The summed E-state index contributed by atoms with van der Waals surface area (Å²) in [6.07, 6.45) is 1.83. The van der Waals surface area contributed by atoms with Crippen LogP contribution in [0.4, 0.5) is 0 Å². The van der Waals surface area contributed by atoms with Gasteiger partial charge in [0.25, 0.3) is 0 Å². The van der Waals surface area contributed by atoms with E-state index in [1.54, 1.807) is 0 Å². The largest absolute Gasteiger partial charge is 0.323 e. The Balaban J connectivity index is 0.000000706. The van der Waals surface area contributed by atoms with Gasteiger partial charge in [-0.2, -0.15) is 0 Å². The highest BCUT2D eigenvalue weighted by atomic mass is 15.1. The second-order valence-electron chi connectivity index (χ2n) is 4.39. The third-order valence-corrected chi connectivity index (χ3v) is 2.95. The predicted octanol–water partition coefficient (Wildman–Crippen LogP) is 4.15. The van der Waals surface area contributed by atoms with Crippen LogP contribution in [0.5, 0.6) is 0 Å². The van der Waals surface area contributed by atoms with Crippen LogP contribution in [0.1, 0.15) is 38.4 Å². The summed E-state index contributed by atoms with van der Waals surface area (Å²) < 4.78 is 2.10. The molecule has 0 fully saturated rings. The van der Waals surface area contributed by atoms with Gasteiger partial charge < -0.3 is 4.57 Å². The third kappa shape index (κ3) is 3.66. The number of aryl methyl sites for hydroxylation is 2. The Bertz CT molecular complexity index is 687. The molecule has 0 saturated heterocycles. The van der Waals surface area contributed by atoms with Gasteiger partial charge in [-0.15, -0.1) is 0 Å². The molecule has 4 nitrogen and oxygen atoms in total. The maximum Gasteiger partial charge on any atom is 0.181 e. The van der Waals surface area contributed by atoms with Gasteiger partial charge in [-0.1, -0.05) is 51.6 Å². The Morgan fingerprint density at radius 3 is 2.33 bits per heavy atom. The normalized spacial score (nSPS) is 9.71. The smallest absolute Gasteiger partial charge is 0.181 e. The molecule has 3 aromatic rings. The van der Waals surface area contributed by atoms with E-state index in [9.17, 15) is 0 Å². The molecule has 0 aliphatic heterocycles. The van der Waals surface area contributed by atoms with Gasteiger partial charge in [0.05, 0.1) is 12.0 Å². The molecule has 0 N–H and O–H groups in total. The molecule has 1 aromatic carbocycles. The third-order valence-electron chi connectivity index (χ3n) is 2.95. The lowest BCUT2D eigenvalue weighted by Crippen LogP contribution is -2.01. The molecule has 4 heteroatoms. The van der Waals surface area contributed by atoms with Crippen molar-refractivity contribution >= 4 is 11.2 Å². The van der Waals surface area contributed by atoms with E-state index in [0.717, 1.165) is 29.2 Å². The molecule has 2 heterocycles. The number of hydrogen-bond acceptors (Lipinski definition) is 3. The van der Waals surface area contributed by atoms with Gasteiger partial charge in [0.15, 0.2) is 5.65 Å². The van der Waals surface area contributed by atoms with Crippen LogP contribution in [-0.4, -0.2) is 19.5 Å². The monoisotopic (exact) mass is 284 g/mol. The highest BCUT2D eigenvalue weighted by Gasteiger charge is 2.09. The zero-order valence-electron chi connectivity index (χ0n) is 12.5. The number of nitrogens with zero attached hydrogens (tertiary/aromatic N) is 4. The first kappa shape index (κ1) is 16.8. The Hall–Kier alpha value is -2.23. The number of fused-ring (bicyclic) bond motifs is 1. The number of hydrogen-bond donors (Lipinski definition) is 0. The minimum atomic E-state index is 0. The van der Waals surface area contributed by atoms with Crippen LogP contribution in [0.3, 0.4) is 0 Å². The molecule has 112 valence electrons. The summed E-state index contributed by atoms with van der Waals surface area (Å²) in [5, 5.41) is 0. The Kier molecular flexibility index (Phi) is 6.03. The molecule has 0 saturated carbocycles. The summed E-state index contributed by atoms with van der Waals surface area (Å²) in [5.41, 5.74) is 4.02. The summed E-state index contributed by atoms with van der Waals surface area (Å²) >= 11 is 0. The van der Waals surface area contributed by atoms with E-state index in [0.29, 0.717) is 0 Å². The second kappa shape index (κ2) is 7.53. The van der Waals surface area contributed by atoms with Crippen LogP contribution in [0, 0.1) is 13.8 Å². The SMILES string of the molecule is C.CC.Cc1nc(C)c2c(ncn2Cc2ccccc2)n1. The molecular formula is C17H24N4. The minimum absolute atomic E-state index is 0. The van der Waals surface area contributed by atoms with Crippen molar-refractivity contribution in [2.75, 3.05) is 0 Å². The maximum absolute atomic E-state index is 4.40. The Labute approximate surface area is 126 Å². The molecule has 3 rings (SSSR count). The molecule has 0 atom stereocenters. The van der Waals surface area contributed by atoms with Crippen molar-refractivity contribution in [3.8, 4) is 0 Å². The van der Waals surface area contributed by atoms with Crippen LogP contribution >= 0.6 is 0 Å². The van der Waals surface area contributed by atoms with Crippen molar-refractivity contribution in [3.63, 3.8) is 0 Å². The highest BCUT2D eigenvalue weighted by molar-refractivity contribution is 5.73. The summed E-state index contributed by atoms with van der Waals surface area (Å²) in [7, 11) is 0. The van der Waals surface area contributed by atoms with E-state index in [2.05, 4.69) is 31.7 Å². The van der Waals surface area contributed by atoms with Crippen molar-refractivity contribution in [2.24, 2.45) is 0 Å². The van der Waals surface area contributed by atoms with Crippen molar-refractivity contribution < 1.29 is 0 Å². The Morgan fingerprint density at radius 2 is 1.67 bits per heavy atom. The second-order valence-corrected chi connectivity index (χ2v) is 4.39. The van der Waals surface area contributed by atoms with Gasteiger partial charge in [0, 0.05) is 6.54 Å². The number of aromatic nitrogens is 4. The van der Waals surface area contributed by atoms with Crippen molar-refractivity contribution in [2.45, 2.75) is 41.7 Å². The lowest BCUT2D eigenvalue weighted by atomic mass is 10.2. The van der Waals surface area contributed by atoms with Crippen LogP contribution < -0.4 is 0 Å². The van der Waals surface area contributed by atoms with Crippen LogP contribution in [0.15, 0.2) is 36.7 Å². The summed E-state index contributed by atoms with van der Waals surface area (Å²) in [6, 6.07) is 10.3. The zero-order valence-corrected chi connectivity index (χ0v) is 12.5. The molecule has 0 aliphatic rings. The van der Waals surface area contributed by atoms with Gasteiger partial charge in [0.1, 0.15) is 11.3 Å². The number of rotatable bonds is 2. The summed E-state index contributed by atoms with van der Waals surface area (Å²) in [4.78, 5) is 13.1. The molecule has 2 aromatic heterocycles. The molecule has 0 unspecified atom stereocenters. The van der Waals surface area contributed by atoms with E-state index in [4.69, 9.17) is 0 Å². The zero-order chi connectivity index (χ0) is 14.5. The number of benzene rings is 1. The first-order valence-corrected chi connectivity index (χ1v) is 6.94. The lowest BCUT2D eigenvalue weighted by molar-refractivity contribution is 0.818. The molecule has 0 amide bonds. The average Bonchev–Trinajstić information content (AvgIpc) is 2.85. The minimum Gasteiger partial charge on any atom is -0.323 e. The van der Waals surface area contributed by atoms with Crippen molar-refractivity contribution in [3.05, 3.63) is 53.7 Å². The van der Waals surface area contributed by atoms with Crippen LogP contribution in [0.2, 0.25) is 0 Å². The van der Waals surface area contributed by atoms with E-state index >= 15 is 0 Å². The Morgan fingerprint density at radius 1 is 1.00 bits per heavy atom. The van der Waals surface area contributed by atoms with Gasteiger partial charge in [-0.3, -0.25) is 0 Å². The quantitative estimate of drug-likeness (QED) is 0.710. The van der Waals surface area contributed by atoms with Crippen molar-refractivity contribution in [1.82, 2.24) is 19.5 Å². The van der Waals surface area contributed by atoms with Crippen LogP contribution in [0.25, 0.3) is 11.2 Å². The summed E-state index contributed by atoms with van der Waals surface area (Å²) in [5.74, 6) is 0.768. The number of imidazole rings is 1. The van der Waals surface area contributed by atoms with Gasteiger partial charge >= 0.3 is 0 Å². The van der Waals surface area contributed by atoms with Crippen LogP contribution in [-0.2, 0) is 6.54 Å². The highest BCUT2D eigenvalue weighted by Crippen LogP contribution is 2.15. The predicted molar refractivity (Wildman–Crippen MR) is 88.4 cm³/mol. The van der Waals surface area contributed by atoms with Gasteiger partial charge in [0.2, 0.25) is 0 Å². The summed E-state index contributed by atoms with van der Waals surface area (Å²) in [6.45, 7) is 8.69. The standard InChI is InChI=1S/C14H14N4.C2H6.CH4/c1-10-13-14(17-11(2)16-10)15-9-18(13)8-12-6-4-3-5-7-12;1-2;/h3-7,9H,8H2,1-2H3;1-2H3;1H4. The fourth-order valence-corrected chi connectivity index (χ4v) is 2.20. The fraction of sp³-hybridized carbons (Fsp3) is 0.353. The molecular weight excluding hydrogens is 260 g/mol. The maximum atomic E-state index is 4.40. The molecule has 0 bridgehead atoms. The average molecular weight is 284 g/mol. The van der Waals surface area contributed by atoms with E-state index in [1.807, 2.05) is 52.2 Å².